The Morgan fingerprint density at radius 1 is 0.631 bits per heavy atom. The number of fused-ring (bicyclic) bond motifs is 6. The van der Waals surface area contributed by atoms with Gasteiger partial charge in [-0.1, -0.05) is 65.7 Å². The van der Waals surface area contributed by atoms with Gasteiger partial charge in [0, 0.05) is 46.1 Å². The summed E-state index contributed by atoms with van der Waals surface area (Å²) >= 11 is 26.4. The Morgan fingerprint density at radius 2 is 1.02 bits per heavy atom. The van der Waals surface area contributed by atoms with Crippen LogP contribution in [0.3, 0.4) is 0 Å². The van der Waals surface area contributed by atoms with Crippen molar-refractivity contribution in [2.24, 2.45) is 0 Å². The van der Waals surface area contributed by atoms with E-state index in [2.05, 4.69) is 10.2 Å². The topological polar surface area (TPSA) is 163 Å². The van der Waals surface area contributed by atoms with Gasteiger partial charge in [-0.2, -0.15) is 53.4 Å². The van der Waals surface area contributed by atoms with Crippen LogP contribution < -0.4 is 9.47 Å². The molecule has 6 aromatic rings. The molecular weight excluding hydrogens is 1040 g/mol. The molecule has 26 heteroatoms. The van der Waals surface area contributed by atoms with Crippen LogP contribution in [0.1, 0.15) is 66.5 Å². The Balaban J connectivity index is 1.12. The van der Waals surface area contributed by atoms with Crippen molar-refractivity contribution in [2.45, 2.75) is 77.6 Å². The van der Waals surface area contributed by atoms with Crippen molar-refractivity contribution in [2.75, 3.05) is 13.2 Å². The van der Waals surface area contributed by atoms with Gasteiger partial charge in [0.15, 0.2) is 8.42 Å². The smallest absolute Gasteiger partial charge is 0.397 e. The lowest BCUT2D eigenvalue weighted by Gasteiger charge is -2.21. The molecule has 0 aliphatic carbocycles. The van der Waals surface area contributed by atoms with Gasteiger partial charge >= 0.3 is 32.6 Å². The number of hydrogen-bond donors (Lipinski definition) is 2. The molecule has 12 nitrogen and oxygen atoms in total. The second-order valence-corrected chi connectivity index (χ2v) is 22.0. The van der Waals surface area contributed by atoms with Gasteiger partial charge in [-0.05, 0) is 49.2 Å². The molecule has 0 fully saturated rings. The van der Waals surface area contributed by atoms with Gasteiger partial charge in [-0.3, -0.25) is 9.11 Å². The third kappa shape index (κ3) is 9.62. The monoisotopic (exact) mass is 1060 g/mol. The Morgan fingerprint density at radius 3 is 1.35 bits per heavy atom. The summed E-state index contributed by atoms with van der Waals surface area (Å²) in [5.74, 6) is -4.53. The molecule has 65 heavy (non-hydrogen) atoms. The summed E-state index contributed by atoms with van der Waals surface area (Å²) in [7, 11) is -9.51. The number of rotatable bonds is 12. The average molecular weight is 1070 g/mol. The molecule has 0 bridgehead atoms. The second kappa shape index (κ2) is 17.8. The lowest BCUT2D eigenvalue weighted by molar-refractivity contribution is -0.153. The summed E-state index contributed by atoms with van der Waals surface area (Å²) < 4.78 is 172. The summed E-state index contributed by atoms with van der Waals surface area (Å²) in [5.41, 5.74) is -0.414. The largest absolute Gasteiger partial charge is 0.492 e. The first kappa shape index (κ1) is 47.9. The maximum Gasteiger partial charge on any atom is 0.397 e. The predicted octanol–water partition coefficient (Wildman–Crippen LogP) is 12.4. The van der Waals surface area contributed by atoms with Crippen LogP contribution in [-0.2, 0) is 33.1 Å². The molecule has 0 saturated heterocycles. The van der Waals surface area contributed by atoms with E-state index in [0.29, 0.717) is 22.7 Å². The van der Waals surface area contributed by atoms with Crippen LogP contribution in [0.5, 0.6) is 11.5 Å². The predicted molar refractivity (Wildman–Crippen MR) is 232 cm³/mol. The molecule has 6 heterocycles. The zero-order chi connectivity index (χ0) is 47.0. The van der Waals surface area contributed by atoms with Crippen molar-refractivity contribution in [3.63, 3.8) is 0 Å². The summed E-state index contributed by atoms with van der Waals surface area (Å²) in [5, 5.41) is 9.27. The van der Waals surface area contributed by atoms with Gasteiger partial charge in [0.1, 0.15) is 11.5 Å². The molecule has 2 unspecified atom stereocenters. The number of ether oxygens (including phenoxy) is 2. The lowest BCUT2D eigenvalue weighted by Crippen LogP contribution is -2.23. The highest BCUT2D eigenvalue weighted by Gasteiger charge is 2.47. The van der Waals surface area contributed by atoms with Gasteiger partial charge in [0.25, 0.3) is 0 Å². The highest BCUT2D eigenvalue weighted by atomic mass is 35.5. The summed E-state index contributed by atoms with van der Waals surface area (Å²) in [4.78, 5) is 0.127. The number of thiophene rings is 2. The van der Waals surface area contributed by atoms with E-state index in [-0.39, 0.29) is 121 Å². The number of hydrogen-bond acceptors (Lipinski definition) is 10. The highest BCUT2D eigenvalue weighted by Crippen LogP contribution is 2.51. The second-order valence-electron chi connectivity index (χ2n) is 14.9. The summed E-state index contributed by atoms with van der Waals surface area (Å²) in [6.07, 6.45) is -11.7. The molecule has 2 aliphatic heterocycles. The number of alkyl halides is 6. The molecule has 2 aliphatic rings. The van der Waals surface area contributed by atoms with E-state index in [1.807, 2.05) is 0 Å². The minimum Gasteiger partial charge on any atom is -0.492 e. The Kier molecular flexibility index (Phi) is 13.1. The van der Waals surface area contributed by atoms with Crippen LogP contribution in [-0.4, -0.2) is 71.1 Å². The maximum absolute atomic E-state index is 15.2. The van der Waals surface area contributed by atoms with Crippen LogP contribution in [0.25, 0.3) is 32.5 Å². The standard InChI is InChI=1S/C39H30Cl4F6N4O8S4/c40-18-6-8-26(24(42)14-18)52-34-20(10-12-60-28-16-30(62-36(28)34)64(54,55)56)32(50-52)22(38(44,45)46)4-2-1-3-5-23(39(47,48)49)33-21-11-13-61-29-17-31(65(57,58)59)63-37(29)35(21)53(51-33)27-9-7-19(41)15-25(27)43/h6-9,14-17,22-23H,1-5,10-13H2,(H,54,55,56)(H,57,58,59). The van der Waals surface area contributed by atoms with Crippen LogP contribution in [0.4, 0.5) is 26.3 Å². The molecule has 0 saturated carbocycles. The number of halogens is 10. The number of unbranched alkanes of at least 4 members (excludes halogenated alkanes) is 2. The molecule has 2 atom stereocenters. The third-order valence-corrected chi connectivity index (χ3v) is 16.7. The zero-order valence-electron chi connectivity index (χ0n) is 32.7. The fourth-order valence-electron chi connectivity index (χ4n) is 7.92. The summed E-state index contributed by atoms with van der Waals surface area (Å²) in [6, 6.07) is 10.5. The van der Waals surface area contributed by atoms with Crippen LogP contribution in [0.2, 0.25) is 20.1 Å². The molecule has 0 amide bonds. The molecule has 8 rings (SSSR count). The molecule has 2 N–H and O–H groups in total. The van der Waals surface area contributed by atoms with Gasteiger partial charge in [0.05, 0.1) is 79.0 Å². The van der Waals surface area contributed by atoms with Gasteiger partial charge < -0.3 is 9.47 Å². The van der Waals surface area contributed by atoms with Crippen molar-refractivity contribution in [3.8, 4) is 44.0 Å². The first-order valence-electron chi connectivity index (χ1n) is 19.2. The fourth-order valence-corrected chi connectivity index (χ4v) is 12.5. The van der Waals surface area contributed by atoms with Gasteiger partial charge in [-0.25, -0.2) is 9.36 Å². The van der Waals surface area contributed by atoms with Crippen molar-refractivity contribution in [1.82, 2.24) is 19.6 Å². The quantitative estimate of drug-likeness (QED) is 0.0685. The molecule has 2 aromatic carbocycles. The molecule has 0 radical (unpaired) electrons. The highest BCUT2D eigenvalue weighted by molar-refractivity contribution is 7.88. The zero-order valence-corrected chi connectivity index (χ0v) is 39.0. The average Bonchev–Trinajstić information content (AvgIpc) is 3.93. The number of nitrogens with zero attached hydrogens (tertiary/aromatic N) is 4. The minimum absolute atomic E-state index is 0.000373. The third-order valence-electron chi connectivity index (χ3n) is 10.7. The van der Waals surface area contributed by atoms with Crippen molar-refractivity contribution < 1.29 is 61.8 Å². The van der Waals surface area contributed by atoms with E-state index < -0.39 is 77.1 Å². The van der Waals surface area contributed by atoms with E-state index in [9.17, 15) is 25.9 Å². The minimum atomic E-state index is -4.92. The van der Waals surface area contributed by atoms with E-state index >= 15 is 26.3 Å². The van der Waals surface area contributed by atoms with E-state index in [4.69, 9.17) is 55.9 Å². The van der Waals surface area contributed by atoms with E-state index in [0.717, 1.165) is 21.5 Å². The van der Waals surface area contributed by atoms with Crippen molar-refractivity contribution in [1.29, 1.82) is 0 Å². The lowest BCUT2D eigenvalue weighted by atomic mass is 9.90. The molecule has 0 spiro atoms. The number of aromatic nitrogens is 4. The Labute approximate surface area is 394 Å². The van der Waals surface area contributed by atoms with E-state index in [1.54, 1.807) is 0 Å². The Bertz CT molecular complexity index is 2860. The first-order chi connectivity index (χ1) is 30.4. The van der Waals surface area contributed by atoms with Crippen LogP contribution in [0.15, 0.2) is 56.9 Å². The SMILES string of the molecule is O=S(=O)(O)c1cc2c(s1)-c1c(c(C(CCCCCC(c3nn(-c4ccc(Cl)cc4Cl)c4c3CCOc3cc(S(=O)(=O)O)sc3-4)C(F)(F)F)C(F)(F)F)nn1-c1ccc(Cl)cc1Cl)CCO2. The number of benzene rings is 2. The normalized spacial score (nSPS) is 15.2. The maximum atomic E-state index is 15.2. The fraction of sp³-hybridized carbons (Fsp3) is 0.333. The van der Waals surface area contributed by atoms with E-state index in [1.165, 1.54) is 36.4 Å². The van der Waals surface area contributed by atoms with Gasteiger partial charge in [0.2, 0.25) is 0 Å². The van der Waals surface area contributed by atoms with Crippen LogP contribution in [0, 0.1) is 0 Å². The van der Waals surface area contributed by atoms with Crippen molar-refractivity contribution in [3.05, 3.63) is 91.1 Å². The van der Waals surface area contributed by atoms with Crippen LogP contribution >= 0.6 is 69.1 Å². The first-order valence-corrected chi connectivity index (χ1v) is 25.2. The molecule has 4 aromatic heterocycles. The molecule has 348 valence electrons. The van der Waals surface area contributed by atoms with Gasteiger partial charge in [-0.15, -0.1) is 22.7 Å². The molecular formula is C39H30Cl4F6N4O8S4. The Hall–Kier alpha value is -3.58. The van der Waals surface area contributed by atoms with Crippen molar-refractivity contribution >= 4 is 89.3 Å². The summed E-state index contributed by atoms with van der Waals surface area (Å²) in [6.45, 7) is -0.382.